The van der Waals surface area contributed by atoms with Gasteiger partial charge < -0.3 is 5.32 Å². The topological polar surface area (TPSA) is 42.7 Å². The lowest BCUT2D eigenvalue weighted by Gasteiger charge is -2.17. The van der Waals surface area contributed by atoms with E-state index in [1.54, 1.807) is 6.33 Å². The van der Waals surface area contributed by atoms with Crippen molar-refractivity contribution in [3.63, 3.8) is 0 Å². The largest absolute Gasteiger partial charge is 0.306 e. The van der Waals surface area contributed by atoms with E-state index in [0.29, 0.717) is 0 Å². The maximum atomic E-state index is 4.36. The predicted molar refractivity (Wildman–Crippen MR) is 66.4 cm³/mol. The summed E-state index contributed by atoms with van der Waals surface area (Å²) in [6, 6.07) is 0.752. The Bertz CT molecular complexity index is 353. The molecule has 0 spiro atoms. The number of nitrogens with one attached hydrogen (secondary N) is 1. The van der Waals surface area contributed by atoms with Gasteiger partial charge in [0.1, 0.15) is 12.2 Å². The van der Waals surface area contributed by atoms with Crippen LogP contribution < -0.4 is 5.32 Å². The van der Waals surface area contributed by atoms with Gasteiger partial charge in [0, 0.05) is 12.6 Å². The molecule has 2 saturated carbocycles. The third-order valence-electron chi connectivity index (χ3n) is 3.89. The zero-order chi connectivity index (χ0) is 11.7. The Morgan fingerprint density at radius 1 is 1.35 bits per heavy atom. The van der Waals surface area contributed by atoms with Crippen LogP contribution in [0.5, 0.6) is 0 Å². The normalized spacial score (nSPS) is 20.1. The maximum Gasteiger partial charge on any atom is 0.140 e. The fourth-order valence-electron chi connectivity index (χ4n) is 2.66. The van der Waals surface area contributed by atoms with E-state index in [1.807, 2.05) is 4.68 Å². The molecule has 4 nitrogen and oxygen atoms in total. The molecule has 1 N–H and O–H groups in total. The van der Waals surface area contributed by atoms with E-state index in [4.69, 9.17) is 0 Å². The highest BCUT2D eigenvalue weighted by Crippen LogP contribution is 2.44. The lowest BCUT2D eigenvalue weighted by Crippen LogP contribution is -2.33. The molecule has 94 valence electrons. The molecule has 0 aromatic carbocycles. The first-order chi connectivity index (χ1) is 8.38. The molecule has 0 bridgehead atoms. The molecule has 1 aromatic rings. The molecule has 0 unspecified atom stereocenters. The van der Waals surface area contributed by atoms with Crippen LogP contribution in [-0.2, 0) is 13.1 Å². The molecule has 2 aliphatic rings. The van der Waals surface area contributed by atoms with E-state index in [0.717, 1.165) is 43.2 Å². The van der Waals surface area contributed by atoms with Crippen LogP contribution in [0.25, 0.3) is 0 Å². The Morgan fingerprint density at radius 3 is 2.65 bits per heavy atom. The minimum absolute atomic E-state index is 0.752. The fourth-order valence-corrected chi connectivity index (χ4v) is 2.66. The first-order valence-electron chi connectivity index (χ1n) is 6.98. The quantitative estimate of drug-likeness (QED) is 0.784. The Kier molecular flexibility index (Phi) is 3.14. The Balaban J connectivity index is 1.56. The van der Waals surface area contributed by atoms with Gasteiger partial charge >= 0.3 is 0 Å². The summed E-state index contributed by atoms with van der Waals surface area (Å²) < 4.78 is 2.03. The van der Waals surface area contributed by atoms with Gasteiger partial charge in [-0.25, -0.2) is 9.67 Å². The third-order valence-corrected chi connectivity index (χ3v) is 3.89. The van der Waals surface area contributed by atoms with E-state index in [1.165, 1.54) is 25.7 Å². The van der Waals surface area contributed by atoms with Crippen molar-refractivity contribution in [1.29, 1.82) is 0 Å². The van der Waals surface area contributed by atoms with Crippen LogP contribution in [0.4, 0.5) is 0 Å². The number of hydrogen-bond acceptors (Lipinski definition) is 3. The van der Waals surface area contributed by atoms with Crippen molar-refractivity contribution < 1.29 is 0 Å². The van der Waals surface area contributed by atoms with Gasteiger partial charge in [-0.05, 0) is 43.9 Å². The summed E-state index contributed by atoms with van der Waals surface area (Å²) in [5, 5.41) is 7.99. The molecule has 0 saturated heterocycles. The van der Waals surface area contributed by atoms with Gasteiger partial charge in [0.15, 0.2) is 0 Å². The molecule has 2 aliphatic carbocycles. The summed E-state index contributed by atoms with van der Waals surface area (Å²) in [7, 11) is 0. The predicted octanol–water partition coefficient (Wildman–Crippen LogP) is 1.97. The molecule has 1 aromatic heterocycles. The van der Waals surface area contributed by atoms with Crippen LogP contribution >= 0.6 is 0 Å². The van der Waals surface area contributed by atoms with E-state index >= 15 is 0 Å². The minimum atomic E-state index is 0.752. The van der Waals surface area contributed by atoms with Crippen molar-refractivity contribution in [3.8, 4) is 0 Å². The Morgan fingerprint density at radius 2 is 2.06 bits per heavy atom. The van der Waals surface area contributed by atoms with Gasteiger partial charge in [-0.3, -0.25) is 0 Å². The molecular formula is C13H22N4. The monoisotopic (exact) mass is 234 g/mol. The average Bonchev–Trinajstić information content (AvgIpc) is 3.21. The average molecular weight is 234 g/mol. The molecule has 3 rings (SSSR count). The van der Waals surface area contributed by atoms with Gasteiger partial charge in [-0.1, -0.05) is 6.92 Å². The van der Waals surface area contributed by atoms with Crippen molar-refractivity contribution in [2.75, 3.05) is 0 Å². The second-order valence-electron chi connectivity index (χ2n) is 5.48. The standard InChI is InChI=1S/C13H22N4/c1-2-7-17-12(15-9-16-17)8-14-13(10-3-4-10)11-5-6-11/h9-11,13-14H,2-8H2,1H3. The Labute approximate surface area is 103 Å². The summed E-state index contributed by atoms with van der Waals surface area (Å²) in [5.41, 5.74) is 0. The summed E-state index contributed by atoms with van der Waals surface area (Å²) in [5.74, 6) is 2.99. The third kappa shape index (κ3) is 2.68. The minimum Gasteiger partial charge on any atom is -0.306 e. The molecule has 0 radical (unpaired) electrons. The van der Waals surface area contributed by atoms with Crippen LogP contribution in [0.1, 0.15) is 44.9 Å². The van der Waals surface area contributed by atoms with Gasteiger partial charge in [0.2, 0.25) is 0 Å². The number of hydrogen-bond donors (Lipinski definition) is 1. The lowest BCUT2D eigenvalue weighted by atomic mass is 10.1. The molecule has 17 heavy (non-hydrogen) atoms. The first kappa shape index (κ1) is 11.2. The number of nitrogens with zero attached hydrogens (tertiary/aromatic N) is 3. The maximum absolute atomic E-state index is 4.36. The zero-order valence-corrected chi connectivity index (χ0v) is 10.6. The van der Waals surface area contributed by atoms with E-state index in [9.17, 15) is 0 Å². The summed E-state index contributed by atoms with van der Waals surface area (Å²) in [4.78, 5) is 4.36. The van der Waals surface area contributed by atoms with Crippen LogP contribution in [-0.4, -0.2) is 20.8 Å². The summed E-state index contributed by atoms with van der Waals surface area (Å²) >= 11 is 0. The molecule has 0 amide bonds. The highest BCUT2D eigenvalue weighted by atomic mass is 15.3. The van der Waals surface area contributed by atoms with Crippen molar-refractivity contribution in [2.24, 2.45) is 11.8 Å². The molecule has 2 fully saturated rings. The SMILES string of the molecule is CCCn1ncnc1CNC(C1CC1)C1CC1. The number of rotatable bonds is 7. The highest BCUT2D eigenvalue weighted by Gasteiger charge is 2.41. The van der Waals surface area contributed by atoms with E-state index in [2.05, 4.69) is 22.3 Å². The molecular weight excluding hydrogens is 212 g/mol. The molecule has 0 aliphatic heterocycles. The molecule has 0 atom stereocenters. The van der Waals surface area contributed by atoms with Gasteiger partial charge in [-0.2, -0.15) is 5.10 Å². The molecule has 1 heterocycles. The zero-order valence-electron chi connectivity index (χ0n) is 10.6. The van der Waals surface area contributed by atoms with Crippen LogP contribution in [0.2, 0.25) is 0 Å². The van der Waals surface area contributed by atoms with Crippen molar-refractivity contribution >= 4 is 0 Å². The van der Waals surface area contributed by atoms with E-state index < -0.39 is 0 Å². The van der Waals surface area contributed by atoms with Gasteiger partial charge in [0.25, 0.3) is 0 Å². The van der Waals surface area contributed by atoms with Crippen LogP contribution in [0.3, 0.4) is 0 Å². The van der Waals surface area contributed by atoms with Gasteiger partial charge in [0.05, 0.1) is 6.54 Å². The summed E-state index contributed by atoms with van der Waals surface area (Å²) in [6.45, 7) is 4.04. The smallest absolute Gasteiger partial charge is 0.140 e. The number of aryl methyl sites for hydroxylation is 1. The Hall–Kier alpha value is -0.900. The van der Waals surface area contributed by atoms with Crippen LogP contribution in [0, 0.1) is 11.8 Å². The summed E-state index contributed by atoms with van der Waals surface area (Å²) in [6.07, 6.45) is 8.50. The second kappa shape index (κ2) is 4.77. The van der Waals surface area contributed by atoms with Crippen molar-refractivity contribution in [2.45, 2.75) is 58.2 Å². The van der Waals surface area contributed by atoms with Crippen molar-refractivity contribution in [1.82, 2.24) is 20.1 Å². The first-order valence-corrected chi connectivity index (χ1v) is 6.98. The van der Waals surface area contributed by atoms with E-state index in [-0.39, 0.29) is 0 Å². The lowest BCUT2D eigenvalue weighted by molar-refractivity contribution is 0.402. The van der Waals surface area contributed by atoms with Crippen LogP contribution in [0.15, 0.2) is 6.33 Å². The highest BCUT2D eigenvalue weighted by molar-refractivity contribution is 4.97. The van der Waals surface area contributed by atoms with Gasteiger partial charge in [-0.15, -0.1) is 0 Å². The van der Waals surface area contributed by atoms with Crippen molar-refractivity contribution in [3.05, 3.63) is 12.2 Å². The molecule has 4 heteroatoms. The fraction of sp³-hybridized carbons (Fsp3) is 0.846. The second-order valence-corrected chi connectivity index (χ2v) is 5.48. The number of aromatic nitrogens is 3.